The smallest absolute Gasteiger partial charge is 0.319 e. The van der Waals surface area contributed by atoms with Crippen LogP contribution in [0.3, 0.4) is 0 Å². The van der Waals surface area contributed by atoms with E-state index in [9.17, 15) is 4.79 Å². The number of ether oxygens (including phenoxy) is 1. The number of urea groups is 1. The van der Waals surface area contributed by atoms with Crippen LogP contribution in [-0.2, 0) is 17.3 Å². The Bertz CT molecular complexity index is 983. The van der Waals surface area contributed by atoms with Crippen molar-refractivity contribution >= 4 is 20.0 Å². The molecule has 2 amide bonds. The Labute approximate surface area is 193 Å². The Kier molecular flexibility index (Phi) is 6.36. The van der Waals surface area contributed by atoms with Crippen LogP contribution in [-0.4, -0.2) is 27.1 Å². The zero-order valence-electron chi connectivity index (χ0n) is 20.0. The van der Waals surface area contributed by atoms with Gasteiger partial charge in [-0.05, 0) is 60.7 Å². The monoisotopic (exact) mass is 452 g/mol. The van der Waals surface area contributed by atoms with Crippen LogP contribution >= 0.6 is 0 Å². The van der Waals surface area contributed by atoms with Gasteiger partial charge in [0.2, 0.25) is 0 Å². The fourth-order valence-electron chi connectivity index (χ4n) is 4.38. The summed E-state index contributed by atoms with van der Waals surface area (Å²) in [7, 11) is -1.84. The largest absolute Gasteiger partial charge is 0.493 e. The summed E-state index contributed by atoms with van der Waals surface area (Å²) in [4.78, 5) is 12.9. The number of hydrogen-bond acceptors (Lipinski definition) is 3. The fraction of sp³-hybridized carbons (Fsp3) is 0.500. The predicted octanol–water partition coefficient (Wildman–Crippen LogP) is 6.21. The van der Waals surface area contributed by atoms with Crippen molar-refractivity contribution in [2.24, 2.45) is 0 Å². The normalized spacial score (nSPS) is 20.5. The van der Waals surface area contributed by atoms with Crippen molar-refractivity contribution < 1.29 is 14.0 Å². The molecule has 0 saturated carbocycles. The molecule has 0 saturated heterocycles. The van der Waals surface area contributed by atoms with Crippen molar-refractivity contribution in [3.8, 4) is 5.75 Å². The highest BCUT2D eigenvalue weighted by atomic mass is 28.4. The molecule has 0 aromatic heterocycles. The number of rotatable bonds is 4. The van der Waals surface area contributed by atoms with Crippen molar-refractivity contribution in [1.29, 1.82) is 0 Å². The summed E-state index contributed by atoms with van der Waals surface area (Å²) in [6.45, 7) is 12.1. The van der Waals surface area contributed by atoms with Crippen molar-refractivity contribution in [2.45, 2.75) is 76.7 Å². The lowest BCUT2D eigenvalue weighted by Gasteiger charge is -2.40. The summed E-state index contributed by atoms with van der Waals surface area (Å²) in [6.07, 6.45) is 3.84. The average molecular weight is 453 g/mol. The van der Waals surface area contributed by atoms with E-state index in [-0.39, 0.29) is 23.2 Å². The number of amides is 2. The van der Waals surface area contributed by atoms with E-state index in [4.69, 9.17) is 9.16 Å². The van der Waals surface area contributed by atoms with Crippen molar-refractivity contribution in [3.05, 3.63) is 59.2 Å². The van der Waals surface area contributed by atoms with E-state index >= 15 is 0 Å². The Morgan fingerprint density at radius 1 is 1.09 bits per heavy atom. The topological polar surface area (TPSA) is 59.6 Å². The SMILES string of the molecule is CC(C)(C)[Si](C)(C)O[C@H]1CCc2cccc(NC(=O)NC3CCOc4ccccc43)c2C1. The van der Waals surface area contributed by atoms with Crippen LogP contribution in [0.5, 0.6) is 5.75 Å². The molecule has 172 valence electrons. The maximum Gasteiger partial charge on any atom is 0.319 e. The Morgan fingerprint density at radius 2 is 1.88 bits per heavy atom. The predicted molar refractivity (Wildman–Crippen MR) is 132 cm³/mol. The first-order valence-electron chi connectivity index (χ1n) is 11.7. The molecule has 1 heterocycles. The highest BCUT2D eigenvalue weighted by molar-refractivity contribution is 6.74. The lowest BCUT2D eigenvalue weighted by Crippen LogP contribution is -2.45. The molecule has 2 aromatic carbocycles. The van der Waals surface area contributed by atoms with Gasteiger partial charge < -0.3 is 19.8 Å². The number of aryl methyl sites for hydroxylation is 1. The van der Waals surface area contributed by atoms with Crippen LogP contribution in [0.2, 0.25) is 18.1 Å². The number of hydrogen-bond donors (Lipinski definition) is 2. The maximum atomic E-state index is 12.9. The van der Waals surface area contributed by atoms with Gasteiger partial charge in [0, 0.05) is 23.8 Å². The van der Waals surface area contributed by atoms with Gasteiger partial charge in [-0.1, -0.05) is 51.1 Å². The molecular weight excluding hydrogens is 416 g/mol. The third kappa shape index (κ3) is 4.86. The zero-order valence-corrected chi connectivity index (χ0v) is 21.0. The number of para-hydroxylation sites is 1. The molecule has 4 rings (SSSR count). The first kappa shape index (κ1) is 22.9. The molecule has 1 aliphatic heterocycles. The number of carbonyl (C=O) groups excluding carboxylic acids is 1. The number of fused-ring (bicyclic) bond motifs is 2. The van der Waals surface area contributed by atoms with Crippen LogP contribution in [0.1, 0.15) is 56.3 Å². The molecule has 2 atom stereocenters. The van der Waals surface area contributed by atoms with E-state index < -0.39 is 8.32 Å². The summed E-state index contributed by atoms with van der Waals surface area (Å²) >= 11 is 0. The van der Waals surface area contributed by atoms with Gasteiger partial charge in [-0.3, -0.25) is 0 Å². The third-order valence-electron chi connectivity index (χ3n) is 7.22. The summed E-state index contributed by atoms with van der Waals surface area (Å²) in [5, 5.41) is 6.46. The second kappa shape index (κ2) is 8.91. The first-order chi connectivity index (χ1) is 15.1. The summed E-state index contributed by atoms with van der Waals surface area (Å²) in [6, 6.07) is 13.9. The van der Waals surface area contributed by atoms with Gasteiger partial charge in [-0.15, -0.1) is 0 Å². The number of anilines is 1. The first-order valence-corrected chi connectivity index (χ1v) is 14.6. The fourth-order valence-corrected chi connectivity index (χ4v) is 5.76. The van der Waals surface area contributed by atoms with E-state index in [0.29, 0.717) is 6.61 Å². The molecule has 0 bridgehead atoms. The second-order valence-electron chi connectivity index (χ2n) is 10.5. The van der Waals surface area contributed by atoms with E-state index in [0.717, 1.165) is 42.7 Å². The van der Waals surface area contributed by atoms with Crippen LogP contribution < -0.4 is 15.4 Å². The number of nitrogens with one attached hydrogen (secondary N) is 2. The Balaban J connectivity index is 1.46. The van der Waals surface area contributed by atoms with Crippen LogP contribution in [0.25, 0.3) is 0 Å². The van der Waals surface area contributed by atoms with Crippen molar-refractivity contribution in [2.75, 3.05) is 11.9 Å². The van der Waals surface area contributed by atoms with Gasteiger partial charge in [-0.25, -0.2) is 4.79 Å². The Hall–Kier alpha value is -2.31. The Morgan fingerprint density at radius 3 is 2.66 bits per heavy atom. The molecule has 5 nitrogen and oxygen atoms in total. The highest BCUT2D eigenvalue weighted by Crippen LogP contribution is 2.40. The quantitative estimate of drug-likeness (QED) is 0.542. The van der Waals surface area contributed by atoms with Gasteiger partial charge in [-0.2, -0.15) is 0 Å². The lowest BCUT2D eigenvalue weighted by molar-refractivity contribution is 0.165. The molecule has 0 fully saturated rings. The molecule has 2 aliphatic rings. The van der Waals surface area contributed by atoms with E-state index in [1.54, 1.807) is 0 Å². The summed E-state index contributed by atoms with van der Waals surface area (Å²) in [5.41, 5.74) is 4.45. The van der Waals surface area contributed by atoms with Crippen molar-refractivity contribution in [1.82, 2.24) is 5.32 Å². The maximum absolute atomic E-state index is 12.9. The van der Waals surface area contributed by atoms with Gasteiger partial charge >= 0.3 is 6.03 Å². The van der Waals surface area contributed by atoms with Gasteiger partial charge in [0.25, 0.3) is 0 Å². The van der Waals surface area contributed by atoms with Crippen LogP contribution in [0.4, 0.5) is 10.5 Å². The lowest BCUT2D eigenvalue weighted by atomic mass is 9.88. The average Bonchev–Trinajstić information content (AvgIpc) is 2.73. The molecule has 0 spiro atoms. The third-order valence-corrected chi connectivity index (χ3v) is 11.8. The van der Waals surface area contributed by atoms with E-state index in [1.807, 2.05) is 36.4 Å². The van der Waals surface area contributed by atoms with Gasteiger partial charge in [0.05, 0.1) is 12.6 Å². The number of benzene rings is 2. The molecule has 2 N–H and O–H groups in total. The molecule has 6 heteroatoms. The molecular formula is C26H36N2O3Si. The molecule has 1 unspecified atom stereocenters. The van der Waals surface area contributed by atoms with Gasteiger partial charge in [0.1, 0.15) is 5.75 Å². The molecule has 2 aromatic rings. The van der Waals surface area contributed by atoms with E-state index in [1.165, 1.54) is 11.1 Å². The minimum atomic E-state index is -1.84. The van der Waals surface area contributed by atoms with Gasteiger partial charge in [0.15, 0.2) is 8.32 Å². The zero-order chi connectivity index (χ0) is 22.9. The van der Waals surface area contributed by atoms with Crippen LogP contribution in [0, 0.1) is 0 Å². The highest BCUT2D eigenvalue weighted by Gasteiger charge is 2.40. The number of carbonyl (C=O) groups is 1. The summed E-state index contributed by atoms with van der Waals surface area (Å²) < 4.78 is 12.4. The second-order valence-corrected chi connectivity index (χ2v) is 15.3. The summed E-state index contributed by atoms with van der Waals surface area (Å²) in [5.74, 6) is 0.853. The van der Waals surface area contributed by atoms with Crippen LogP contribution in [0.15, 0.2) is 42.5 Å². The van der Waals surface area contributed by atoms with E-state index in [2.05, 4.69) is 50.6 Å². The minimum Gasteiger partial charge on any atom is -0.493 e. The van der Waals surface area contributed by atoms with Crippen molar-refractivity contribution in [3.63, 3.8) is 0 Å². The molecule has 1 aliphatic carbocycles. The standard InChI is InChI=1S/C26H36N2O3Si/c1-26(2,3)32(4,5)31-19-14-13-18-9-8-11-22(21(18)17-19)27-25(29)28-23-15-16-30-24-12-7-6-10-20(23)24/h6-12,19,23H,13-17H2,1-5H3,(H2,27,28,29)/t19-,23?/m0/s1. The molecule has 0 radical (unpaired) electrons. The molecule has 32 heavy (non-hydrogen) atoms. The minimum absolute atomic E-state index is 0.0471.